The van der Waals surface area contributed by atoms with Crippen LogP contribution in [-0.2, 0) is 19.4 Å². The molecule has 0 atom stereocenters. The van der Waals surface area contributed by atoms with Crippen molar-refractivity contribution in [1.82, 2.24) is 0 Å². The average molecular weight is 176 g/mol. The minimum Gasteiger partial charge on any atom is -0.478 e. The molecule has 0 aliphatic rings. The lowest BCUT2D eigenvalue weighted by Gasteiger charge is -1.92. The lowest BCUT2D eigenvalue weighted by Crippen LogP contribution is -2.07. The molecule has 2 N–H and O–H groups in total. The predicted octanol–water partition coefficient (Wildman–Crippen LogP) is -0.220. The molecule has 0 aromatic heterocycles. The van der Waals surface area contributed by atoms with E-state index < -0.39 is 18.1 Å². The highest BCUT2D eigenvalue weighted by atomic mass is 17.2. The minimum atomic E-state index is -1.80. The molecule has 0 spiro atoms. The highest BCUT2D eigenvalue weighted by Crippen LogP contribution is 1.84. The number of hydrogen-bond donors (Lipinski definition) is 2. The van der Waals surface area contributed by atoms with Crippen molar-refractivity contribution in [3.8, 4) is 0 Å². The molecule has 0 heterocycles. The first-order chi connectivity index (χ1) is 5.52. The van der Waals surface area contributed by atoms with Gasteiger partial charge in [0.15, 0.2) is 0 Å². The minimum absolute atomic E-state index is 0.480. The topological polar surface area (TPSA) is 110 Å². The summed E-state index contributed by atoms with van der Waals surface area (Å²) < 4.78 is 0. The summed E-state index contributed by atoms with van der Waals surface area (Å²) in [5, 5.41) is 15.8. The fourth-order valence-electron chi connectivity index (χ4n) is 0.244. The van der Waals surface area contributed by atoms with Crippen molar-refractivity contribution in [3.63, 3.8) is 0 Å². The highest BCUT2D eigenvalue weighted by Gasteiger charge is 2.03. The van der Waals surface area contributed by atoms with E-state index in [-0.39, 0.29) is 0 Å². The first kappa shape index (κ1) is 9.95. The summed E-state index contributed by atoms with van der Waals surface area (Å²) in [5.41, 5.74) is 0. The van der Waals surface area contributed by atoms with Gasteiger partial charge < -0.3 is 10.2 Å². The van der Waals surface area contributed by atoms with Crippen LogP contribution in [-0.4, -0.2) is 28.3 Å². The zero-order valence-electron chi connectivity index (χ0n) is 5.59. The quantitative estimate of drug-likeness (QED) is 0.340. The molecule has 12 heavy (non-hydrogen) atoms. The van der Waals surface area contributed by atoms with Crippen LogP contribution in [0.1, 0.15) is 0 Å². The monoisotopic (exact) mass is 176 g/mol. The van der Waals surface area contributed by atoms with Crippen molar-refractivity contribution in [2.75, 3.05) is 0 Å². The van der Waals surface area contributed by atoms with Gasteiger partial charge in [0.25, 0.3) is 0 Å². The second-order valence-corrected chi connectivity index (χ2v) is 1.42. The molecule has 0 saturated heterocycles. The molecule has 7 nitrogen and oxygen atoms in total. The molecule has 0 saturated carbocycles. The van der Waals surface area contributed by atoms with Crippen molar-refractivity contribution in [3.05, 3.63) is 12.2 Å². The third kappa shape index (κ3) is 6.08. The first-order valence-electron chi connectivity index (χ1n) is 2.55. The van der Waals surface area contributed by atoms with Gasteiger partial charge in [0.05, 0.1) is 0 Å². The van der Waals surface area contributed by atoms with Gasteiger partial charge >= 0.3 is 18.1 Å². The summed E-state index contributed by atoms with van der Waals surface area (Å²) in [5.74, 6) is -2.58. The Labute approximate surface area is 65.7 Å². The third-order valence-corrected chi connectivity index (χ3v) is 0.557. The Hall–Kier alpha value is -2.05. The Morgan fingerprint density at radius 3 is 2.00 bits per heavy atom. The fraction of sp³-hybridized carbons (Fsp3) is 0. The van der Waals surface area contributed by atoms with Crippen LogP contribution >= 0.6 is 0 Å². The average Bonchev–Trinajstić information content (AvgIpc) is 1.96. The number of carboxylic acids is 1. The number of carbonyl (C=O) groups is 3. The summed E-state index contributed by atoms with van der Waals surface area (Å²) in [6, 6.07) is 0. The van der Waals surface area contributed by atoms with E-state index in [1.165, 1.54) is 0 Å². The maximum Gasteiger partial charge on any atom is 0.547 e. The Bertz CT molecular complexity index is 228. The normalized spacial score (nSPS) is 9.33. The maximum absolute atomic E-state index is 10.3. The van der Waals surface area contributed by atoms with E-state index in [1.54, 1.807) is 0 Å². The van der Waals surface area contributed by atoms with Crippen molar-refractivity contribution >= 4 is 18.1 Å². The van der Waals surface area contributed by atoms with Gasteiger partial charge in [-0.2, -0.15) is 0 Å². The molecule has 66 valence electrons. The molecule has 0 aliphatic carbocycles. The SMILES string of the molecule is O=C(O)/C=C/C(=O)OOC(=O)O. The maximum atomic E-state index is 10.3. The lowest BCUT2D eigenvalue weighted by atomic mass is 10.5. The van der Waals surface area contributed by atoms with E-state index in [0.717, 1.165) is 0 Å². The molecule has 0 aliphatic heterocycles. The molecule has 0 amide bonds. The number of carboxylic acid groups (broad SMARTS) is 2. The molecule has 0 aromatic rings. The molecular weight excluding hydrogens is 172 g/mol. The van der Waals surface area contributed by atoms with Crippen LogP contribution in [0.2, 0.25) is 0 Å². The highest BCUT2D eigenvalue weighted by molar-refractivity contribution is 5.90. The van der Waals surface area contributed by atoms with Gasteiger partial charge in [-0.1, -0.05) is 0 Å². The van der Waals surface area contributed by atoms with Gasteiger partial charge in [0.1, 0.15) is 0 Å². The standard InChI is InChI=1S/C5H4O7/c6-3(7)1-2-4(8)11-12-5(9)10/h1-2H,(H,6,7)(H,9,10)/b2-1+. The van der Waals surface area contributed by atoms with Crippen molar-refractivity contribution in [1.29, 1.82) is 0 Å². The molecule has 0 aromatic carbocycles. The van der Waals surface area contributed by atoms with E-state index in [4.69, 9.17) is 10.2 Å². The molecule has 0 radical (unpaired) electrons. The van der Waals surface area contributed by atoms with Crippen LogP contribution in [0.4, 0.5) is 4.79 Å². The summed E-state index contributed by atoms with van der Waals surface area (Å²) >= 11 is 0. The third-order valence-electron chi connectivity index (χ3n) is 0.557. The largest absolute Gasteiger partial charge is 0.547 e. The summed E-state index contributed by atoms with van der Waals surface area (Å²) in [4.78, 5) is 36.6. The van der Waals surface area contributed by atoms with Crippen LogP contribution in [0.3, 0.4) is 0 Å². The van der Waals surface area contributed by atoms with Gasteiger partial charge in [0.2, 0.25) is 0 Å². The zero-order chi connectivity index (χ0) is 9.56. The summed E-state index contributed by atoms with van der Waals surface area (Å²) in [6.45, 7) is 0. The lowest BCUT2D eigenvalue weighted by molar-refractivity contribution is -0.235. The Morgan fingerprint density at radius 1 is 1.00 bits per heavy atom. The molecule has 7 heteroatoms. The van der Waals surface area contributed by atoms with E-state index in [2.05, 4.69) is 9.78 Å². The number of rotatable bonds is 2. The van der Waals surface area contributed by atoms with Gasteiger partial charge in [-0.25, -0.2) is 24.2 Å². The van der Waals surface area contributed by atoms with Crippen molar-refractivity contribution in [2.45, 2.75) is 0 Å². The Kier molecular flexibility index (Phi) is 3.91. The van der Waals surface area contributed by atoms with E-state index >= 15 is 0 Å². The van der Waals surface area contributed by atoms with Crippen molar-refractivity contribution in [2.24, 2.45) is 0 Å². The molecule has 0 rings (SSSR count). The van der Waals surface area contributed by atoms with E-state index in [0.29, 0.717) is 12.2 Å². The van der Waals surface area contributed by atoms with Crippen LogP contribution < -0.4 is 0 Å². The van der Waals surface area contributed by atoms with Crippen LogP contribution in [0, 0.1) is 0 Å². The van der Waals surface area contributed by atoms with Crippen molar-refractivity contribution < 1.29 is 34.4 Å². The molecular formula is C5H4O7. The van der Waals surface area contributed by atoms with Crippen LogP contribution in [0.5, 0.6) is 0 Å². The number of carbonyl (C=O) groups excluding carboxylic acids is 1. The Morgan fingerprint density at radius 2 is 1.58 bits per heavy atom. The Balaban J connectivity index is 3.75. The zero-order valence-corrected chi connectivity index (χ0v) is 5.59. The smallest absolute Gasteiger partial charge is 0.478 e. The number of aliphatic carboxylic acids is 1. The molecule has 0 bridgehead atoms. The van der Waals surface area contributed by atoms with E-state index in [1.807, 2.05) is 0 Å². The summed E-state index contributed by atoms with van der Waals surface area (Å²) in [7, 11) is 0. The molecule has 0 unspecified atom stereocenters. The predicted molar refractivity (Wildman–Crippen MR) is 32.0 cm³/mol. The van der Waals surface area contributed by atoms with Crippen LogP contribution in [0.25, 0.3) is 0 Å². The molecule has 0 fully saturated rings. The second-order valence-electron chi connectivity index (χ2n) is 1.42. The first-order valence-corrected chi connectivity index (χ1v) is 2.55. The second kappa shape index (κ2) is 4.72. The fourth-order valence-corrected chi connectivity index (χ4v) is 0.244. The van der Waals surface area contributed by atoms with Gasteiger partial charge in [-0.3, -0.25) is 0 Å². The van der Waals surface area contributed by atoms with E-state index in [9.17, 15) is 14.4 Å². The van der Waals surface area contributed by atoms with Gasteiger partial charge in [0, 0.05) is 12.2 Å². The number of hydrogen-bond acceptors (Lipinski definition) is 5. The van der Waals surface area contributed by atoms with Crippen LogP contribution in [0.15, 0.2) is 12.2 Å². The van der Waals surface area contributed by atoms with Gasteiger partial charge in [-0.15, -0.1) is 0 Å². The van der Waals surface area contributed by atoms with Gasteiger partial charge in [-0.05, 0) is 0 Å². The summed E-state index contributed by atoms with van der Waals surface area (Å²) in [6.07, 6.45) is -0.814.